The predicted molar refractivity (Wildman–Crippen MR) is 146 cm³/mol. The Balaban J connectivity index is 1.58. The highest BCUT2D eigenvalue weighted by atomic mass is 32.2. The molecule has 0 saturated carbocycles. The lowest BCUT2D eigenvalue weighted by molar-refractivity contribution is -0.384. The van der Waals surface area contributed by atoms with E-state index < -0.39 is 4.92 Å². The zero-order chi connectivity index (χ0) is 26.5. The number of hydrogen-bond donors (Lipinski definition) is 1. The summed E-state index contributed by atoms with van der Waals surface area (Å²) >= 11 is 1.11. The van der Waals surface area contributed by atoms with Crippen molar-refractivity contribution in [3.63, 3.8) is 0 Å². The first-order chi connectivity index (χ1) is 17.7. The van der Waals surface area contributed by atoms with E-state index in [1.807, 2.05) is 44.2 Å². The number of anilines is 2. The van der Waals surface area contributed by atoms with Crippen molar-refractivity contribution in [2.24, 2.45) is 4.99 Å². The van der Waals surface area contributed by atoms with E-state index in [1.165, 1.54) is 23.1 Å². The largest absolute Gasteiger partial charge is 0.497 e. The molecule has 1 aliphatic heterocycles. The number of thioether (sulfide) groups is 1. The second-order valence-electron chi connectivity index (χ2n) is 8.33. The smallest absolute Gasteiger partial charge is 0.283 e. The van der Waals surface area contributed by atoms with Crippen LogP contribution in [0.1, 0.15) is 16.7 Å². The number of ether oxygens (including phenoxy) is 1. The van der Waals surface area contributed by atoms with E-state index in [1.54, 1.807) is 31.4 Å². The molecule has 37 heavy (non-hydrogen) atoms. The number of non-ortho nitro benzene ring substituents is 1. The molecule has 0 aliphatic carbocycles. The van der Waals surface area contributed by atoms with Crippen LogP contribution in [0, 0.1) is 24.0 Å². The molecule has 0 radical (unpaired) electrons. The van der Waals surface area contributed by atoms with Crippen LogP contribution in [-0.4, -0.2) is 34.8 Å². The number of hydrogen-bond acceptors (Lipinski definition) is 7. The molecule has 0 bridgehead atoms. The summed E-state index contributed by atoms with van der Waals surface area (Å²) in [7, 11) is 1.58. The lowest BCUT2D eigenvalue weighted by Gasteiger charge is -2.19. The molecule has 2 amide bonds. The normalized spacial score (nSPS) is 14.0. The summed E-state index contributed by atoms with van der Waals surface area (Å²) in [6, 6.07) is 18.7. The highest BCUT2D eigenvalue weighted by Gasteiger charge is 2.32. The molecule has 0 aromatic heterocycles. The number of aliphatic imine (C=N–C) groups is 1. The number of nitro benzene ring substituents is 1. The first-order valence-corrected chi connectivity index (χ1v) is 12.3. The highest BCUT2D eigenvalue weighted by Crippen LogP contribution is 2.31. The maximum atomic E-state index is 13.4. The van der Waals surface area contributed by atoms with Crippen molar-refractivity contribution < 1.29 is 19.2 Å². The third kappa shape index (κ3) is 6.22. The molecule has 3 aromatic rings. The lowest BCUT2D eigenvalue weighted by atomic mass is 10.1. The predicted octanol–water partition coefficient (Wildman–Crippen LogP) is 5.34. The number of nitro groups is 1. The van der Waals surface area contributed by atoms with Crippen molar-refractivity contribution in [1.29, 1.82) is 0 Å². The Morgan fingerprint density at radius 3 is 2.46 bits per heavy atom. The number of amides is 2. The van der Waals surface area contributed by atoms with Crippen molar-refractivity contribution in [1.82, 2.24) is 0 Å². The molecule has 0 unspecified atom stereocenters. The van der Waals surface area contributed by atoms with E-state index in [-0.39, 0.29) is 29.0 Å². The number of amidine groups is 1. The van der Waals surface area contributed by atoms with Gasteiger partial charge in [0.25, 0.3) is 11.6 Å². The molecule has 1 aliphatic rings. The minimum Gasteiger partial charge on any atom is -0.497 e. The van der Waals surface area contributed by atoms with Gasteiger partial charge in [-0.2, -0.15) is 0 Å². The van der Waals surface area contributed by atoms with E-state index in [4.69, 9.17) is 4.74 Å². The van der Waals surface area contributed by atoms with Crippen LogP contribution in [0.5, 0.6) is 5.75 Å². The van der Waals surface area contributed by atoms with Crippen molar-refractivity contribution in [2.75, 3.05) is 23.1 Å². The second-order valence-corrected chi connectivity index (χ2v) is 9.27. The second kappa shape index (κ2) is 11.1. The molecule has 0 atom stereocenters. The van der Waals surface area contributed by atoms with E-state index in [9.17, 15) is 19.7 Å². The Morgan fingerprint density at radius 1 is 1.11 bits per heavy atom. The summed E-state index contributed by atoms with van der Waals surface area (Å²) < 4.78 is 5.19. The number of carbonyl (C=O) groups is 2. The fraction of sp³-hybridized carbons (Fsp3) is 0.148. The standard InChI is InChI=1S/C27H24N4O5S/c1-17-11-18(2)13-22(12-17)30-26(33)24(14-19-7-9-23(36-3)10-8-19)29-27(30)37-16-25(32)28-20-5-4-6-21(15-20)31(34)35/h4-15H,16H2,1-3H3,(H,28,32)/b24-14-. The third-order valence-electron chi connectivity index (χ3n) is 5.39. The number of rotatable bonds is 7. The van der Waals surface area contributed by atoms with Crippen LogP contribution < -0.4 is 15.0 Å². The monoisotopic (exact) mass is 516 g/mol. The van der Waals surface area contributed by atoms with Gasteiger partial charge in [-0.05, 0) is 66.9 Å². The number of carbonyl (C=O) groups excluding carboxylic acids is 2. The number of aryl methyl sites for hydroxylation is 2. The van der Waals surface area contributed by atoms with E-state index in [0.29, 0.717) is 22.3 Å². The summed E-state index contributed by atoms with van der Waals surface area (Å²) in [6.45, 7) is 3.89. The van der Waals surface area contributed by atoms with Gasteiger partial charge in [0.05, 0.1) is 23.5 Å². The first-order valence-electron chi connectivity index (χ1n) is 11.3. The zero-order valence-corrected chi connectivity index (χ0v) is 21.2. The molecular formula is C27H24N4O5S. The molecule has 1 heterocycles. The molecule has 9 nitrogen and oxygen atoms in total. The maximum absolute atomic E-state index is 13.4. The molecule has 0 saturated heterocycles. The van der Waals surface area contributed by atoms with Crippen LogP contribution in [0.4, 0.5) is 17.1 Å². The Kier molecular flexibility index (Phi) is 7.69. The van der Waals surface area contributed by atoms with Crippen LogP contribution in [-0.2, 0) is 9.59 Å². The average Bonchev–Trinajstić information content (AvgIpc) is 3.17. The molecule has 1 N–H and O–H groups in total. The molecule has 10 heteroatoms. The van der Waals surface area contributed by atoms with E-state index in [2.05, 4.69) is 10.3 Å². The van der Waals surface area contributed by atoms with Gasteiger partial charge < -0.3 is 10.1 Å². The van der Waals surface area contributed by atoms with Gasteiger partial charge in [-0.15, -0.1) is 0 Å². The number of nitrogens with zero attached hydrogens (tertiary/aromatic N) is 3. The number of benzene rings is 3. The van der Waals surface area contributed by atoms with Crippen molar-refractivity contribution >= 4 is 51.9 Å². The summed E-state index contributed by atoms with van der Waals surface area (Å²) in [6.07, 6.45) is 1.69. The maximum Gasteiger partial charge on any atom is 0.283 e. The summed E-state index contributed by atoms with van der Waals surface area (Å²) in [4.78, 5) is 42.6. The van der Waals surface area contributed by atoms with Crippen molar-refractivity contribution in [3.8, 4) is 5.75 Å². The first kappa shape index (κ1) is 25.6. The molecule has 4 rings (SSSR count). The van der Waals surface area contributed by atoms with Crippen LogP contribution in [0.25, 0.3) is 6.08 Å². The van der Waals surface area contributed by atoms with Gasteiger partial charge in [0.1, 0.15) is 11.4 Å². The molecule has 0 spiro atoms. The number of nitrogens with one attached hydrogen (secondary N) is 1. The van der Waals surface area contributed by atoms with E-state index >= 15 is 0 Å². The van der Waals surface area contributed by atoms with Crippen molar-refractivity contribution in [2.45, 2.75) is 13.8 Å². The Morgan fingerprint density at radius 2 is 1.81 bits per heavy atom. The Hall–Kier alpha value is -4.44. The van der Waals surface area contributed by atoms with Gasteiger partial charge >= 0.3 is 0 Å². The van der Waals surface area contributed by atoms with Gasteiger partial charge in [-0.3, -0.25) is 24.6 Å². The third-order valence-corrected chi connectivity index (χ3v) is 6.33. The Labute approximate surface area is 218 Å². The lowest BCUT2D eigenvalue weighted by Crippen LogP contribution is -2.31. The fourth-order valence-electron chi connectivity index (χ4n) is 3.78. The quantitative estimate of drug-likeness (QED) is 0.258. The zero-order valence-electron chi connectivity index (χ0n) is 20.4. The average molecular weight is 517 g/mol. The minimum absolute atomic E-state index is 0.0497. The van der Waals surface area contributed by atoms with Crippen LogP contribution >= 0.6 is 11.8 Å². The van der Waals surface area contributed by atoms with Crippen molar-refractivity contribution in [3.05, 3.63) is 99.2 Å². The summed E-state index contributed by atoms with van der Waals surface area (Å²) in [5, 5.41) is 14.0. The SMILES string of the molecule is COc1ccc(/C=C2\N=C(SCC(=O)Nc3cccc([N+](=O)[O-])c3)N(c3cc(C)cc(C)c3)C2=O)cc1. The number of methoxy groups -OCH3 is 1. The molecular weight excluding hydrogens is 492 g/mol. The highest BCUT2D eigenvalue weighted by molar-refractivity contribution is 8.14. The summed E-state index contributed by atoms with van der Waals surface area (Å²) in [5.74, 6) is -0.0337. The van der Waals surface area contributed by atoms with Crippen LogP contribution in [0.2, 0.25) is 0 Å². The van der Waals surface area contributed by atoms with E-state index in [0.717, 1.165) is 28.5 Å². The molecule has 0 fully saturated rings. The fourth-order valence-corrected chi connectivity index (χ4v) is 4.60. The molecule has 188 valence electrons. The Bertz CT molecular complexity index is 1410. The van der Waals surface area contributed by atoms with Crippen LogP contribution in [0.3, 0.4) is 0 Å². The van der Waals surface area contributed by atoms with Gasteiger partial charge in [0.15, 0.2) is 5.17 Å². The van der Waals surface area contributed by atoms with Crippen LogP contribution in [0.15, 0.2) is 77.4 Å². The topological polar surface area (TPSA) is 114 Å². The minimum atomic E-state index is -0.526. The van der Waals surface area contributed by atoms with Gasteiger partial charge in [-0.25, -0.2) is 4.99 Å². The van der Waals surface area contributed by atoms with Gasteiger partial charge in [0, 0.05) is 17.8 Å². The van der Waals surface area contributed by atoms with Gasteiger partial charge in [-0.1, -0.05) is 36.0 Å². The van der Waals surface area contributed by atoms with Gasteiger partial charge in [0.2, 0.25) is 5.91 Å². The summed E-state index contributed by atoms with van der Waals surface area (Å²) in [5.41, 5.74) is 3.85. The molecule has 3 aromatic carbocycles.